The van der Waals surface area contributed by atoms with Gasteiger partial charge in [-0.3, -0.25) is 4.79 Å². The minimum absolute atomic E-state index is 0.0168. The molecule has 1 heterocycles. The largest absolute Gasteiger partial charge is 0.494 e. The van der Waals surface area contributed by atoms with Crippen molar-refractivity contribution < 1.29 is 13.9 Å². The van der Waals surface area contributed by atoms with E-state index in [4.69, 9.17) is 9.15 Å². The molecule has 5 nitrogen and oxygen atoms in total. The van der Waals surface area contributed by atoms with E-state index in [9.17, 15) is 4.79 Å². The second-order valence-electron chi connectivity index (χ2n) is 5.58. The van der Waals surface area contributed by atoms with Gasteiger partial charge in [0.1, 0.15) is 11.3 Å². The van der Waals surface area contributed by atoms with E-state index in [2.05, 4.69) is 10.3 Å². The number of fused-ring (bicyclic) bond motifs is 1. The molecule has 0 fully saturated rings. The van der Waals surface area contributed by atoms with E-state index in [1.807, 2.05) is 55.5 Å². The van der Waals surface area contributed by atoms with Gasteiger partial charge in [0, 0.05) is 19.9 Å². The van der Waals surface area contributed by atoms with Crippen molar-refractivity contribution in [2.45, 2.75) is 26.3 Å². The fraction of sp³-hybridized carbons (Fsp3) is 0.263. The summed E-state index contributed by atoms with van der Waals surface area (Å²) in [6, 6.07) is 15.4. The van der Waals surface area contributed by atoms with Gasteiger partial charge in [-0.05, 0) is 36.2 Å². The molecular weight excluding hydrogens is 304 g/mol. The second-order valence-corrected chi connectivity index (χ2v) is 5.58. The summed E-state index contributed by atoms with van der Waals surface area (Å²) in [4.78, 5) is 16.2. The zero-order chi connectivity index (χ0) is 16.8. The van der Waals surface area contributed by atoms with Crippen LogP contribution in [-0.2, 0) is 11.3 Å². The lowest BCUT2D eigenvalue weighted by molar-refractivity contribution is -0.121. The fourth-order valence-corrected chi connectivity index (χ4v) is 2.43. The van der Waals surface area contributed by atoms with Gasteiger partial charge in [0.05, 0.1) is 6.61 Å². The number of amides is 1. The molecule has 0 aliphatic heterocycles. The maximum atomic E-state index is 11.9. The van der Waals surface area contributed by atoms with E-state index in [-0.39, 0.29) is 5.91 Å². The normalized spacial score (nSPS) is 10.7. The zero-order valence-electron chi connectivity index (χ0n) is 13.6. The molecule has 1 N–H and O–H groups in total. The van der Waals surface area contributed by atoms with Gasteiger partial charge < -0.3 is 14.5 Å². The van der Waals surface area contributed by atoms with E-state index in [0.717, 1.165) is 22.4 Å². The molecule has 24 heavy (non-hydrogen) atoms. The first-order valence-corrected chi connectivity index (χ1v) is 8.01. The Bertz CT molecular complexity index is 812. The molecular formula is C19H20N2O3. The van der Waals surface area contributed by atoms with Crippen molar-refractivity contribution in [3.63, 3.8) is 0 Å². The van der Waals surface area contributed by atoms with Crippen molar-refractivity contribution in [2.75, 3.05) is 6.61 Å². The van der Waals surface area contributed by atoms with Crippen LogP contribution in [0.4, 0.5) is 0 Å². The molecule has 124 valence electrons. The Morgan fingerprint density at radius 3 is 2.88 bits per heavy atom. The Kier molecular flexibility index (Phi) is 5.11. The SMILES string of the molecule is Cc1nc2cc(CNC(=O)CCCOc3ccccc3)ccc2o1. The predicted octanol–water partition coefficient (Wildman–Crippen LogP) is 3.61. The number of aromatic nitrogens is 1. The maximum absolute atomic E-state index is 11.9. The molecule has 3 aromatic rings. The van der Waals surface area contributed by atoms with Crippen molar-refractivity contribution in [1.29, 1.82) is 0 Å². The molecule has 0 saturated heterocycles. The number of hydrogen-bond acceptors (Lipinski definition) is 4. The van der Waals surface area contributed by atoms with E-state index < -0.39 is 0 Å². The predicted molar refractivity (Wildman–Crippen MR) is 91.8 cm³/mol. The molecule has 0 aliphatic carbocycles. The Hall–Kier alpha value is -2.82. The zero-order valence-corrected chi connectivity index (χ0v) is 13.6. The summed E-state index contributed by atoms with van der Waals surface area (Å²) in [5, 5.41) is 2.92. The minimum Gasteiger partial charge on any atom is -0.494 e. The van der Waals surface area contributed by atoms with E-state index >= 15 is 0 Å². The summed E-state index contributed by atoms with van der Waals surface area (Å²) in [6.45, 7) is 2.83. The first-order chi connectivity index (χ1) is 11.7. The van der Waals surface area contributed by atoms with Crippen molar-refractivity contribution in [3.8, 4) is 5.75 Å². The quantitative estimate of drug-likeness (QED) is 0.674. The average molecular weight is 324 g/mol. The van der Waals surface area contributed by atoms with Crippen LogP contribution in [0.15, 0.2) is 52.9 Å². The monoisotopic (exact) mass is 324 g/mol. The summed E-state index contributed by atoms with van der Waals surface area (Å²) in [5.41, 5.74) is 2.58. The highest BCUT2D eigenvalue weighted by Gasteiger charge is 2.05. The van der Waals surface area contributed by atoms with Gasteiger partial charge >= 0.3 is 0 Å². The number of nitrogens with zero attached hydrogens (tertiary/aromatic N) is 1. The summed E-state index contributed by atoms with van der Waals surface area (Å²) >= 11 is 0. The lowest BCUT2D eigenvalue weighted by atomic mass is 10.2. The number of nitrogens with one attached hydrogen (secondary N) is 1. The molecule has 0 atom stereocenters. The topological polar surface area (TPSA) is 64.4 Å². The highest BCUT2D eigenvalue weighted by atomic mass is 16.5. The lowest BCUT2D eigenvalue weighted by Crippen LogP contribution is -2.22. The Balaban J connectivity index is 1.40. The summed E-state index contributed by atoms with van der Waals surface area (Å²) in [7, 11) is 0. The number of para-hydroxylation sites is 1. The third kappa shape index (κ3) is 4.35. The van der Waals surface area contributed by atoms with Crippen LogP contribution in [0, 0.1) is 6.92 Å². The number of oxazole rings is 1. The number of hydrogen-bond donors (Lipinski definition) is 1. The number of aryl methyl sites for hydroxylation is 1. The smallest absolute Gasteiger partial charge is 0.220 e. The molecule has 0 saturated carbocycles. The molecule has 1 amide bonds. The van der Waals surface area contributed by atoms with Gasteiger partial charge in [-0.25, -0.2) is 4.98 Å². The second kappa shape index (κ2) is 7.64. The molecule has 2 aromatic carbocycles. The Labute approximate surface area is 140 Å². The molecule has 0 spiro atoms. The van der Waals surface area contributed by atoms with E-state index in [1.165, 1.54) is 0 Å². The van der Waals surface area contributed by atoms with Crippen molar-refractivity contribution in [3.05, 3.63) is 60.0 Å². The van der Waals surface area contributed by atoms with Gasteiger partial charge in [-0.15, -0.1) is 0 Å². The number of carbonyl (C=O) groups is 1. The molecule has 1 aromatic heterocycles. The standard InChI is InChI=1S/C19H20N2O3/c1-14-21-17-12-15(9-10-18(17)24-14)13-20-19(22)8-5-11-23-16-6-3-2-4-7-16/h2-4,6-7,9-10,12H,5,8,11,13H2,1H3,(H,20,22). The highest BCUT2D eigenvalue weighted by molar-refractivity contribution is 5.76. The van der Waals surface area contributed by atoms with Crippen molar-refractivity contribution in [2.24, 2.45) is 0 Å². The summed E-state index contributed by atoms with van der Waals surface area (Å²) < 4.78 is 11.0. The first-order valence-electron chi connectivity index (χ1n) is 8.01. The number of ether oxygens (including phenoxy) is 1. The fourth-order valence-electron chi connectivity index (χ4n) is 2.43. The van der Waals surface area contributed by atoms with Crippen LogP contribution >= 0.6 is 0 Å². The lowest BCUT2D eigenvalue weighted by Gasteiger charge is -2.07. The van der Waals surface area contributed by atoms with E-state index in [1.54, 1.807) is 0 Å². The Morgan fingerprint density at radius 1 is 1.21 bits per heavy atom. The van der Waals surface area contributed by atoms with Crippen LogP contribution in [0.3, 0.4) is 0 Å². The van der Waals surface area contributed by atoms with Crippen LogP contribution in [0.2, 0.25) is 0 Å². The molecule has 0 bridgehead atoms. The third-order valence-electron chi connectivity index (χ3n) is 3.61. The Morgan fingerprint density at radius 2 is 2.04 bits per heavy atom. The van der Waals surface area contributed by atoms with Crippen LogP contribution < -0.4 is 10.1 Å². The molecule has 0 unspecified atom stereocenters. The van der Waals surface area contributed by atoms with Crippen LogP contribution in [0.1, 0.15) is 24.3 Å². The van der Waals surface area contributed by atoms with Crippen molar-refractivity contribution >= 4 is 17.0 Å². The van der Waals surface area contributed by atoms with Crippen LogP contribution in [0.5, 0.6) is 5.75 Å². The van der Waals surface area contributed by atoms with Gasteiger partial charge in [0.25, 0.3) is 0 Å². The molecule has 0 radical (unpaired) electrons. The number of rotatable bonds is 7. The molecule has 0 aliphatic rings. The maximum Gasteiger partial charge on any atom is 0.220 e. The van der Waals surface area contributed by atoms with Gasteiger partial charge in [0.2, 0.25) is 5.91 Å². The van der Waals surface area contributed by atoms with Gasteiger partial charge in [0.15, 0.2) is 11.5 Å². The number of carbonyl (C=O) groups excluding carboxylic acids is 1. The first kappa shape index (κ1) is 16.1. The summed E-state index contributed by atoms with van der Waals surface area (Å²) in [6.07, 6.45) is 1.13. The van der Waals surface area contributed by atoms with Gasteiger partial charge in [-0.1, -0.05) is 24.3 Å². The minimum atomic E-state index is 0.0168. The van der Waals surface area contributed by atoms with Crippen LogP contribution in [0.25, 0.3) is 11.1 Å². The number of benzene rings is 2. The molecule has 5 heteroatoms. The molecule has 3 rings (SSSR count). The summed E-state index contributed by atoms with van der Waals surface area (Å²) in [5.74, 6) is 1.49. The van der Waals surface area contributed by atoms with E-state index in [0.29, 0.717) is 31.9 Å². The average Bonchev–Trinajstić information content (AvgIpc) is 2.97. The van der Waals surface area contributed by atoms with Crippen molar-refractivity contribution in [1.82, 2.24) is 10.3 Å². The third-order valence-corrected chi connectivity index (χ3v) is 3.61. The van der Waals surface area contributed by atoms with Crippen LogP contribution in [-0.4, -0.2) is 17.5 Å². The van der Waals surface area contributed by atoms with Gasteiger partial charge in [-0.2, -0.15) is 0 Å². The highest BCUT2D eigenvalue weighted by Crippen LogP contribution is 2.16.